The molecule has 16 heterocycles. The molecule has 24 rings (SSSR count). The van der Waals surface area contributed by atoms with Crippen molar-refractivity contribution < 1.29 is 116 Å². The van der Waals surface area contributed by atoms with Gasteiger partial charge in [-0.15, -0.1) is 216 Å². The molecule has 8 aromatic carbocycles. The smallest absolute Gasteiger partial charge is 0.216 e. The number of pyridine rings is 12. The van der Waals surface area contributed by atoms with Crippen LogP contribution in [0.25, 0.3) is 178 Å². The van der Waals surface area contributed by atoms with Crippen LogP contribution in [0.3, 0.4) is 0 Å². The fourth-order valence-corrected chi connectivity index (χ4v) is 15.4. The van der Waals surface area contributed by atoms with E-state index in [1.165, 1.54) is 6.07 Å². The molecule has 0 aliphatic carbocycles. The molecule has 0 N–H and O–H groups in total. The van der Waals surface area contributed by atoms with E-state index >= 15 is 0 Å². The van der Waals surface area contributed by atoms with Crippen LogP contribution in [0.1, 0.15) is 117 Å². The van der Waals surface area contributed by atoms with Gasteiger partial charge in [0, 0.05) is 193 Å². The van der Waals surface area contributed by atoms with Gasteiger partial charge in [0.2, 0.25) is 22.9 Å². The number of furan rings is 4. The van der Waals surface area contributed by atoms with E-state index in [2.05, 4.69) is 108 Å². The van der Waals surface area contributed by atoms with Crippen molar-refractivity contribution in [3.8, 4) is 90.1 Å². The quantitative estimate of drug-likeness (QED) is 0.104. The molecule has 730 valence electrons. The predicted molar refractivity (Wildman–Crippen MR) is 568 cm³/mol. The van der Waals surface area contributed by atoms with E-state index in [4.69, 9.17) is 35.5 Å². The number of aryl methyl sites for hydroxylation is 5. The maximum absolute atomic E-state index is 8.55. The Hall–Kier alpha value is -14.6. The van der Waals surface area contributed by atoms with E-state index < -0.39 is 38.7 Å². The van der Waals surface area contributed by atoms with Gasteiger partial charge < -0.3 is 57.5 Å². The molecule has 0 aliphatic rings. The van der Waals surface area contributed by atoms with Crippen molar-refractivity contribution in [2.45, 2.75) is 102 Å². The van der Waals surface area contributed by atoms with Crippen LogP contribution in [0.5, 0.6) is 0 Å². The van der Waals surface area contributed by atoms with Gasteiger partial charge in [-0.2, -0.15) is 0 Å². The first-order chi connectivity index (χ1) is 73.9. The molecule has 20 heteroatoms. The van der Waals surface area contributed by atoms with Crippen LogP contribution in [-0.4, -0.2) is 59.8 Å². The van der Waals surface area contributed by atoms with E-state index in [1.807, 2.05) is 311 Å². The third kappa shape index (κ3) is 27.5. The molecule has 4 radical (unpaired) electrons. The standard InChI is InChI=1S/C22H21N2O.C21H19N2O.C20H17N2O.C18H13N2O.4C11H8N.4Ir/c1-14-8-9-17-16-6-5-7-18(20(16)25-21(17)24-14)19-12-15(10-11-23-19)13-22(2,3)4;1-13(2)11-15-9-10-22-19(12-15)18-6-4-5-16-17-8-7-14(3)23-21(17)24-20(16)18;1-12(2)17-11-22-18(10-13(17)3)16-7-4-6-14-15-8-5-9-21-20(15)23-19(14)16;1-11-9-16(20-10-12(11)2)15-6-3-5-13-14-7-4-8-19-18(14)21-17(13)15;4*1-2-6-10(7-3-1)11-8-4-5-9-12-11;;;;/h5-6,8-12H,13H2,1-4H3;4-5,7-10,12-13H,11H2,1-3H3;4-6,8-12H,1-3H3;3-5,7-10H,1-2H3;4*1-6,8-9H;;;;/q8*-1;;;;/i13D2;11D2;3D3;1D3,2D3;;;;;;;;. The molecule has 16 nitrogen and oxygen atoms in total. The molecule has 0 fully saturated rings. The molecule has 0 atom stereocenters. The Kier molecular flexibility index (Phi) is 32.1. The molecular weight excluding hydrogens is 2500 g/mol. The zero-order chi connectivity index (χ0) is 109. The van der Waals surface area contributed by atoms with Gasteiger partial charge in [0.05, 0.1) is 22.3 Å². The van der Waals surface area contributed by atoms with Gasteiger partial charge in [0.25, 0.3) is 0 Å². The largest absolute Gasteiger partial charge is 0.486 e. The topological polar surface area (TPSA) is 207 Å². The van der Waals surface area contributed by atoms with Gasteiger partial charge in [-0.25, -0.2) is 19.9 Å². The van der Waals surface area contributed by atoms with E-state index in [9.17, 15) is 0 Å². The third-order valence-electron chi connectivity index (χ3n) is 21.9. The van der Waals surface area contributed by atoms with Gasteiger partial charge in [0.1, 0.15) is 0 Å². The molecule has 0 saturated heterocycles. The van der Waals surface area contributed by atoms with Crippen LogP contribution in [0, 0.1) is 94.3 Å². The number of hydrogen-bond acceptors (Lipinski definition) is 16. The minimum Gasteiger partial charge on any atom is -0.486 e. The first kappa shape index (κ1) is 90.4. The summed E-state index contributed by atoms with van der Waals surface area (Å²) in [5.74, 6) is -0.0713. The minimum absolute atomic E-state index is 0. The van der Waals surface area contributed by atoms with E-state index in [1.54, 1.807) is 104 Å². The summed E-state index contributed by atoms with van der Waals surface area (Å²) in [6.45, 7) is 9.85. The van der Waals surface area contributed by atoms with Crippen LogP contribution in [-0.2, 0) is 93.2 Å². The van der Waals surface area contributed by atoms with E-state index in [0.29, 0.717) is 90.1 Å². The number of nitrogens with zero attached hydrogens (tertiary/aromatic N) is 12. The molecule has 0 spiro atoms. The summed E-state index contributed by atoms with van der Waals surface area (Å²) in [5, 5.41) is 7.25. The Morgan fingerprint density at radius 3 is 0.966 bits per heavy atom. The second-order valence-electron chi connectivity index (χ2n) is 34.0. The maximum atomic E-state index is 8.55. The summed E-state index contributed by atoms with van der Waals surface area (Å²) < 4.78 is 127. The van der Waals surface area contributed by atoms with Crippen molar-refractivity contribution in [2.24, 2.45) is 11.3 Å². The summed E-state index contributed by atoms with van der Waals surface area (Å²) in [4.78, 5) is 51.9. The number of aromatic nitrogens is 12. The van der Waals surface area contributed by atoms with Crippen LogP contribution < -0.4 is 0 Å². The van der Waals surface area contributed by atoms with Gasteiger partial charge >= 0.3 is 0 Å². The van der Waals surface area contributed by atoms with Crippen LogP contribution in [0.4, 0.5) is 0 Å². The number of fused-ring (bicyclic) bond motifs is 12. The molecule has 24 aromatic rings. The van der Waals surface area contributed by atoms with Gasteiger partial charge in [0.15, 0.2) is 0 Å². The molecular formula is C125H102Ir4N12O4-8. The first-order valence-corrected chi connectivity index (χ1v) is 45.7. The monoisotopic (exact) mass is 2620 g/mol. The SMILES string of the molecule is [2H]C([2H])([2H])c1cc(-c2[c-]ccc3c2oc2ncccc23)ncc1C(C)C.[2H]C([2H])([2H])c1cnc(-c2[c-]ccc3c2oc2ncccc23)cc1C([2H])([2H])[2H].[2H]C([2H])(c1ccnc(-c2[c-]ccc3c2oc2nc(C)ccc23)c1)C(C)(C)C.[2H]C([2H])(c1ccnc(-c2[c-]ccc3c2oc2nc(C)ccc23)c1)C(C)C.[Ir].[Ir].[Ir].[Ir].[c-]1ccccc1-c1ccccn1.[c-]1ccccc1-c1ccccn1.[c-]1ccccc1-c1ccccn1.[c-]1ccccc1-c1ccccn1. The Labute approximate surface area is 918 Å². The van der Waals surface area contributed by atoms with Crippen molar-refractivity contribution in [1.82, 2.24) is 59.8 Å². The van der Waals surface area contributed by atoms with E-state index in [0.717, 1.165) is 122 Å². The van der Waals surface area contributed by atoms with Gasteiger partial charge in [-0.1, -0.05) is 187 Å². The van der Waals surface area contributed by atoms with Crippen LogP contribution >= 0.6 is 0 Å². The number of hydrogen-bond donors (Lipinski definition) is 0. The number of rotatable bonds is 12. The van der Waals surface area contributed by atoms with Crippen molar-refractivity contribution in [2.75, 3.05) is 0 Å². The fourth-order valence-electron chi connectivity index (χ4n) is 15.4. The summed E-state index contributed by atoms with van der Waals surface area (Å²) in [6, 6.07) is 120. The van der Waals surface area contributed by atoms with Crippen molar-refractivity contribution >= 4 is 88.3 Å². The Morgan fingerprint density at radius 1 is 0.290 bits per heavy atom. The zero-order valence-corrected chi connectivity index (χ0v) is 89.7. The predicted octanol–water partition coefficient (Wildman–Crippen LogP) is 31.0. The first-order valence-electron chi connectivity index (χ1n) is 52.2. The second-order valence-corrected chi connectivity index (χ2v) is 34.0. The third-order valence-corrected chi connectivity index (χ3v) is 21.9. The molecule has 0 amide bonds. The zero-order valence-electron chi connectivity index (χ0n) is 93.1. The maximum Gasteiger partial charge on any atom is 0.216 e. The van der Waals surface area contributed by atoms with Crippen LogP contribution in [0.15, 0.2) is 383 Å². The van der Waals surface area contributed by atoms with E-state index in [-0.39, 0.29) is 109 Å². The van der Waals surface area contributed by atoms with Crippen molar-refractivity contribution in [1.29, 1.82) is 0 Å². The average Bonchev–Trinajstić information content (AvgIpc) is 1.57. The normalized spacial score (nSPS) is 12.5. The molecule has 0 bridgehead atoms. The van der Waals surface area contributed by atoms with Gasteiger partial charge in [-0.3, -0.25) is 0 Å². The Morgan fingerprint density at radius 2 is 0.621 bits per heavy atom. The second kappa shape index (κ2) is 51.5. The molecule has 16 aromatic heterocycles. The summed E-state index contributed by atoms with van der Waals surface area (Å²) >= 11 is 0. The molecule has 145 heavy (non-hydrogen) atoms. The van der Waals surface area contributed by atoms with Crippen molar-refractivity contribution in [3.63, 3.8) is 0 Å². The minimum atomic E-state index is -2.59. The Balaban J connectivity index is 0.000000152. The van der Waals surface area contributed by atoms with Crippen LogP contribution in [0.2, 0.25) is 0 Å². The Bertz CT molecular complexity index is 8450. The number of benzene rings is 8. The van der Waals surface area contributed by atoms with Crippen molar-refractivity contribution in [3.05, 3.63) is 459 Å². The average molecular weight is 2620 g/mol. The molecule has 0 saturated carbocycles. The summed E-state index contributed by atoms with van der Waals surface area (Å²) in [7, 11) is 0. The molecule has 0 unspecified atom stereocenters. The summed E-state index contributed by atoms with van der Waals surface area (Å²) in [6.07, 6.45) is 13.5. The fraction of sp³-hybridized carbons (Fsp3) is 0.136. The molecule has 0 aliphatic heterocycles. The van der Waals surface area contributed by atoms with Gasteiger partial charge in [-0.05, 0) is 206 Å². The summed E-state index contributed by atoms with van der Waals surface area (Å²) in [5.41, 5.74) is 20.2.